The van der Waals surface area contributed by atoms with Crippen molar-refractivity contribution in [2.75, 3.05) is 7.11 Å². The minimum atomic E-state index is -0.380. The van der Waals surface area contributed by atoms with Gasteiger partial charge in [0.05, 0.1) is 23.3 Å². The minimum absolute atomic E-state index is 0.0751. The zero-order valence-electron chi connectivity index (χ0n) is 16.0. The van der Waals surface area contributed by atoms with Gasteiger partial charge in [0, 0.05) is 28.1 Å². The highest BCUT2D eigenvalue weighted by Crippen LogP contribution is 2.31. The van der Waals surface area contributed by atoms with Gasteiger partial charge < -0.3 is 9.72 Å². The molecule has 0 aliphatic carbocycles. The second-order valence-electron chi connectivity index (χ2n) is 6.66. The number of nitrogens with one attached hydrogen (secondary N) is 1. The number of H-pyrrole nitrogens is 1. The number of aromatic amines is 1. The number of para-hydroxylation sites is 1. The van der Waals surface area contributed by atoms with Crippen molar-refractivity contribution in [2.24, 2.45) is 0 Å². The van der Waals surface area contributed by atoms with Crippen molar-refractivity contribution in [1.82, 2.24) is 4.98 Å². The second-order valence-corrected chi connectivity index (χ2v) is 6.66. The van der Waals surface area contributed by atoms with Crippen LogP contribution in [0.2, 0.25) is 0 Å². The number of aryl methyl sites for hydroxylation is 1. The van der Waals surface area contributed by atoms with Crippen molar-refractivity contribution in [3.05, 3.63) is 93.5 Å². The topological polar surface area (TPSA) is 68.2 Å². The number of hydrogen-bond donors (Lipinski definition) is 1. The Morgan fingerprint density at radius 3 is 2.48 bits per heavy atom. The molecule has 0 aliphatic rings. The van der Waals surface area contributed by atoms with E-state index in [0.29, 0.717) is 11.1 Å². The van der Waals surface area contributed by atoms with Crippen LogP contribution in [0.15, 0.2) is 66.7 Å². The van der Waals surface area contributed by atoms with E-state index < -0.39 is 0 Å². The molecule has 4 aromatic rings. The lowest BCUT2D eigenvalue weighted by atomic mass is 10.0. The maximum Gasteiger partial charge on any atom is 0.273 e. The van der Waals surface area contributed by atoms with E-state index in [1.165, 1.54) is 6.07 Å². The highest BCUT2D eigenvalue weighted by Gasteiger charge is 2.13. The van der Waals surface area contributed by atoms with E-state index in [1.54, 1.807) is 26.2 Å². The van der Waals surface area contributed by atoms with Gasteiger partial charge in [-0.05, 0) is 48.9 Å². The van der Waals surface area contributed by atoms with Crippen LogP contribution in [0.3, 0.4) is 0 Å². The molecule has 3 aromatic carbocycles. The highest BCUT2D eigenvalue weighted by molar-refractivity contribution is 5.94. The van der Waals surface area contributed by atoms with E-state index in [4.69, 9.17) is 4.74 Å². The predicted molar refractivity (Wildman–Crippen MR) is 114 cm³/mol. The van der Waals surface area contributed by atoms with Gasteiger partial charge in [0.25, 0.3) is 5.69 Å². The summed E-state index contributed by atoms with van der Waals surface area (Å²) in [6, 6.07) is 20.8. The Labute approximate surface area is 168 Å². The Bertz CT molecular complexity index is 1280. The largest absolute Gasteiger partial charge is 0.497 e. The molecular formula is C24H18N2O3. The third-order valence-electron chi connectivity index (χ3n) is 4.82. The summed E-state index contributed by atoms with van der Waals surface area (Å²) in [4.78, 5) is 14.3. The van der Waals surface area contributed by atoms with E-state index in [0.717, 1.165) is 33.5 Å². The van der Waals surface area contributed by atoms with E-state index in [1.807, 2.05) is 48.5 Å². The SMILES string of the molecule is COc1ccc(-c2[nH]c3ccccc3c2C#Cc2ccc(C)c([N+](=O)[O-])c2)cc1. The van der Waals surface area contributed by atoms with Crippen LogP contribution in [0.5, 0.6) is 5.75 Å². The van der Waals surface area contributed by atoms with Gasteiger partial charge in [0.2, 0.25) is 0 Å². The average molecular weight is 382 g/mol. The van der Waals surface area contributed by atoms with Gasteiger partial charge in [-0.1, -0.05) is 36.1 Å². The van der Waals surface area contributed by atoms with Gasteiger partial charge in [-0.15, -0.1) is 0 Å². The summed E-state index contributed by atoms with van der Waals surface area (Å²) in [6.45, 7) is 1.72. The summed E-state index contributed by atoms with van der Waals surface area (Å²) >= 11 is 0. The lowest BCUT2D eigenvalue weighted by Gasteiger charge is -2.03. The molecule has 1 N–H and O–H groups in total. The van der Waals surface area contributed by atoms with Gasteiger partial charge >= 0.3 is 0 Å². The van der Waals surface area contributed by atoms with Gasteiger partial charge in [0.1, 0.15) is 5.75 Å². The normalized spacial score (nSPS) is 10.4. The Morgan fingerprint density at radius 1 is 1.00 bits per heavy atom. The first-order valence-corrected chi connectivity index (χ1v) is 9.09. The number of ether oxygens (including phenoxy) is 1. The van der Waals surface area contributed by atoms with E-state index in [-0.39, 0.29) is 10.6 Å². The molecule has 0 amide bonds. The van der Waals surface area contributed by atoms with Crippen molar-refractivity contribution < 1.29 is 9.66 Å². The van der Waals surface area contributed by atoms with Crippen LogP contribution in [0.25, 0.3) is 22.2 Å². The van der Waals surface area contributed by atoms with Crippen molar-refractivity contribution in [3.8, 4) is 28.8 Å². The first-order chi connectivity index (χ1) is 14.1. The number of nitrogens with zero attached hydrogens (tertiary/aromatic N) is 1. The number of fused-ring (bicyclic) bond motifs is 1. The molecule has 29 heavy (non-hydrogen) atoms. The summed E-state index contributed by atoms with van der Waals surface area (Å²) in [5, 5.41) is 12.2. The highest BCUT2D eigenvalue weighted by atomic mass is 16.6. The molecule has 1 aromatic heterocycles. The fourth-order valence-corrected chi connectivity index (χ4v) is 3.26. The molecule has 0 aliphatic heterocycles. The Hall–Kier alpha value is -4.04. The molecule has 1 heterocycles. The van der Waals surface area contributed by atoms with Crippen LogP contribution >= 0.6 is 0 Å². The van der Waals surface area contributed by atoms with Crippen LogP contribution in [0.1, 0.15) is 16.7 Å². The minimum Gasteiger partial charge on any atom is -0.497 e. The smallest absolute Gasteiger partial charge is 0.273 e. The molecule has 0 radical (unpaired) electrons. The first kappa shape index (κ1) is 18.3. The maximum absolute atomic E-state index is 11.2. The fourth-order valence-electron chi connectivity index (χ4n) is 3.26. The zero-order chi connectivity index (χ0) is 20.4. The molecule has 4 rings (SSSR count). The Kier molecular flexibility index (Phi) is 4.76. The van der Waals surface area contributed by atoms with Gasteiger partial charge in [0.15, 0.2) is 0 Å². The standard InChI is InChI=1S/C24H18N2O3/c1-16-7-8-17(15-23(16)26(27)28)9-14-21-20-5-3-4-6-22(20)25-24(21)18-10-12-19(29-2)13-11-18/h3-8,10-13,15,25H,1-2H3. The van der Waals surface area contributed by atoms with Crippen molar-refractivity contribution in [3.63, 3.8) is 0 Å². The molecular weight excluding hydrogens is 364 g/mol. The molecule has 5 heteroatoms. The number of aromatic nitrogens is 1. The number of rotatable bonds is 3. The predicted octanol–water partition coefficient (Wildman–Crippen LogP) is 5.46. The van der Waals surface area contributed by atoms with Crippen molar-refractivity contribution in [2.45, 2.75) is 6.92 Å². The van der Waals surface area contributed by atoms with Gasteiger partial charge in [-0.3, -0.25) is 10.1 Å². The summed E-state index contributed by atoms with van der Waals surface area (Å²) in [5.74, 6) is 7.11. The summed E-state index contributed by atoms with van der Waals surface area (Å²) < 4.78 is 5.25. The number of methoxy groups -OCH3 is 1. The monoisotopic (exact) mass is 382 g/mol. The summed E-state index contributed by atoms with van der Waals surface area (Å²) in [7, 11) is 1.63. The maximum atomic E-state index is 11.2. The molecule has 5 nitrogen and oxygen atoms in total. The Morgan fingerprint density at radius 2 is 1.76 bits per heavy atom. The van der Waals surface area contributed by atoms with Gasteiger partial charge in [-0.2, -0.15) is 0 Å². The van der Waals surface area contributed by atoms with Crippen LogP contribution < -0.4 is 4.74 Å². The molecule has 142 valence electrons. The summed E-state index contributed by atoms with van der Waals surface area (Å²) in [6.07, 6.45) is 0. The van der Waals surface area contributed by atoms with Gasteiger partial charge in [-0.25, -0.2) is 0 Å². The van der Waals surface area contributed by atoms with Crippen LogP contribution in [0.4, 0.5) is 5.69 Å². The number of hydrogen-bond acceptors (Lipinski definition) is 3. The summed E-state index contributed by atoms with van der Waals surface area (Å²) in [5.41, 5.74) is 5.03. The number of nitro benzene ring substituents is 1. The van der Waals surface area contributed by atoms with Crippen molar-refractivity contribution >= 4 is 16.6 Å². The molecule has 0 atom stereocenters. The Balaban J connectivity index is 1.85. The zero-order valence-corrected chi connectivity index (χ0v) is 16.0. The molecule has 0 fully saturated rings. The van der Waals surface area contributed by atoms with E-state index >= 15 is 0 Å². The van der Waals surface area contributed by atoms with Crippen molar-refractivity contribution in [1.29, 1.82) is 0 Å². The van der Waals surface area contributed by atoms with Crippen LogP contribution in [-0.2, 0) is 0 Å². The molecule has 0 unspecified atom stereocenters. The molecule has 0 bridgehead atoms. The van der Waals surface area contributed by atoms with Crippen LogP contribution in [0, 0.1) is 28.9 Å². The third-order valence-corrected chi connectivity index (χ3v) is 4.82. The lowest BCUT2D eigenvalue weighted by molar-refractivity contribution is -0.385. The number of nitro groups is 1. The third kappa shape index (κ3) is 3.56. The average Bonchev–Trinajstić information content (AvgIpc) is 3.11. The quantitative estimate of drug-likeness (QED) is 0.291. The first-order valence-electron chi connectivity index (χ1n) is 9.09. The molecule has 0 saturated carbocycles. The lowest BCUT2D eigenvalue weighted by Crippen LogP contribution is -1.92. The van der Waals surface area contributed by atoms with E-state index in [9.17, 15) is 10.1 Å². The fraction of sp³-hybridized carbons (Fsp3) is 0.0833. The molecule has 0 saturated heterocycles. The molecule has 0 spiro atoms. The van der Waals surface area contributed by atoms with Crippen LogP contribution in [-0.4, -0.2) is 17.0 Å². The second kappa shape index (κ2) is 7.53. The number of benzene rings is 3. The van der Waals surface area contributed by atoms with E-state index in [2.05, 4.69) is 16.8 Å².